The van der Waals surface area contributed by atoms with Gasteiger partial charge in [-0.15, -0.1) is 0 Å². The van der Waals surface area contributed by atoms with Crippen molar-refractivity contribution in [1.29, 1.82) is 0 Å². The molecule has 0 aliphatic heterocycles. The first-order valence-electron chi connectivity index (χ1n) is 5.41. The number of benzene rings is 1. The summed E-state index contributed by atoms with van der Waals surface area (Å²) in [4.78, 5) is 9.44. The Labute approximate surface area is 104 Å². The molecule has 0 unspecified atom stereocenters. The summed E-state index contributed by atoms with van der Waals surface area (Å²) in [5.74, 6) is 0.499. The highest BCUT2D eigenvalue weighted by Gasteiger charge is 2.14. The summed E-state index contributed by atoms with van der Waals surface area (Å²) >= 11 is 0. The minimum atomic E-state index is 0.150. The van der Waals surface area contributed by atoms with Gasteiger partial charge in [0, 0.05) is 0 Å². The van der Waals surface area contributed by atoms with E-state index in [-0.39, 0.29) is 5.82 Å². The minimum Gasteiger partial charge on any atom is -0.379 e. The van der Waals surface area contributed by atoms with Gasteiger partial charge in [0.05, 0.1) is 12.3 Å². The number of aromatic nitrogens is 2. The van der Waals surface area contributed by atoms with E-state index in [2.05, 4.69) is 25.4 Å². The molecule has 0 radical (unpaired) electrons. The average molecular weight is 247 g/mol. The summed E-state index contributed by atoms with van der Waals surface area (Å²) in [6.07, 6.45) is 0. The molecule has 0 saturated carbocycles. The van der Waals surface area contributed by atoms with Crippen LogP contribution in [0.4, 0.5) is 11.5 Å². The first-order valence-corrected chi connectivity index (χ1v) is 5.41. The highest BCUT2D eigenvalue weighted by Crippen LogP contribution is 2.13. The second kappa shape index (κ2) is 5.78. The molecule has 0 aliphatic rings. The van der Waals surface area contributed by atoms with Crippen LogP contribution in [-0.2, 0) is 4.84 Å². The maximum Gasteiger partial charge on any atom is 0.199 e. The highest BCUT2D eigenvalue weighted by atomic mass is 16.6. The van der Waals surface area contributed by atoms with Crippen LogP contribution in [-0.4, -0.2) is 22.8 Å². The second-order valence-corrected chi connectivity index (χ2v) is 3.33. The Bertz CT molecular complexity index is 523. The summed E-state index contributed by atoms with van der Waals surface area (Å²) in [6, 6.07) is 9.35. The van der Waals surface area contributed by atoms with Gasteiger partial charge >= 0.3 is 0 Å². The third-order valence-electron chi connectivity index (χ3n) is 2.05. The molecule has 94 valence electrons. The van der Waals surface area contributed by atoms with Crippen molar-refractivity contribution in [1.82, 2.24) is 15.8 Å². The van der Waals surface area contributed by atoms with E-state index >= 15 is 0 Å². The van der Waals surface area contributed by atoms with Crippen molar-refractivity contribution >= 4 is 17.3 Å². The van der Waals surface area contributed by atoms with E-state index < -0.39 is 0 Å². The molecular formula is C11H13N5O2. The maximum absolute atomic E-state index is 5.62. The Morgan fingerprint density at radius 3 is 2.78 bits per heavy atom. The normalized spacial score (nSPS) is 11.5. The van der Waals surface area contributed by atoms with Crippen LogP contribution in [0, 0.1) is 0 Å². The van der Waals surface area contributed by atoms with Gasteiger partial charge in [0.25, 0.3) is 0 Å². The zero-order valence-electron chi connectivity index (χ0n) is 9.83. The Morgan fingerprint density at radius 2 is 2.17 bits per heavy atom. The quantitative estimate of drug-likeness (QED) is 0.479. The number of anilines is 1. The minimum absolute atomic E-state index is 0.150. The Hall–Kier alpha value is -2.41. The van der Waals surface area contributed by atoms with Crippen LogP contribution in [0.1, 0.15) is 12.6 Å². The van der Waals surface area contributed by atoms with E-state index in [1.165, 1.54) is 0 Å². The van der Waals surface area contributed by atoms with Crippen molar-refractivity contribution < 1.29 is 9.47 Å². The van der Waals surface area contributed by atoms with Crippen molar-refractivity contribution in [3.8, 4) is 0 Å². The number of amidine groups is 1. The lowest BCUT2D eigenvalue weighted by atomic mass is 10.3. The van der Waals surface area contributed by atoms with Gasteiger partial charge in [0.1, 0.15) is 0 Å². The molecule has 0 fully saturated rings. The number of rotatable bonds is 4. The van der Waals surface area contributed by atoms with Crippen LogP contribution in [0.5, 0.6) is 0 Å². The topological polar surface area (TPSA) is 98.6 Å². The molecule has 0 atom stereocenters. The molecule has 2 aromatic rings. The molecule has 18 heavy (non-hydrogen) atoms. The molecule has 7 heteroatoms. The fourth-order valence-corrected chi connectivity index (χ4v) is 1.26. The molecule has 0 bridgehead atoms. The smallest absolute Gasteiger partial charge is 0.199 e. The summed E-state index contributed by atoms with van der Waals surface area (Å²) < 4.78 is 4.54. The van der Waals surface area contributed by atoms with Gasteiger partial charge in [-0.25, -0.2) is 15.1 Å². The van der Waals surface area contributed by atoms with Crippen molar-refractivity contribution in [3.63, 3.8) is 0 Å². The zero-order chi connectivity index (χ0) is 12.8. The average Bonchev–Trinajstić information content (AvgIpc) is 2.82. The van der Waals surface area contributed by atoms with E-state index in [0.717, 1.165) is 5.69 Å². The lowest BCUT2D eigenvalue weighted by Crippen LogP contribution is -2.25. The number of hydrogen-bond donors (Lipinski definition) is 2. The number of nitrogen functional groups attached to an aromatic ring is 1. The van der Waals surface area contributed by atoms with Crippen LogP contribution >= 0.6 is 0 Å². The number of para-hydroxylation sites is 1. The van der Waals surface area contributed by atoms with Crippen molar-refractivity contribution in [2.75, 3.05) is 12.3 Å². The molecular weight excluding hydrogens is 234 g/mol. The van der Waals surface area contributed by atoms with Crippen LogP contribution in [0.15, 0.2) is 40.0 Å². The number of nitrogens with zero attached hydrogens (tertiary/aromatic N) is 3. The Kier molecular flexibility index (Phi) is 3.87. The number of hydrogen-bond acceptors (Lipinski definition) is 6. The Balaban J connectivity index is 2.31. The van der Waals surface area contributed by atoms with Gasteiger partial charge in [-0.1, -0.05) is 18.2 Å². The first-order chi connectivity index (χ1) is 8.81. The molecule has 2 rings (SSSR count). The standard InChI is InChI=1S/C11H13N5O2/c1-2-17-16-11(9-10(12)15-18-14-9)13-8-6-4-3-5-7-8/h3-7H,2H2,1H3,(H2,12,15)(H,13,16). The van der Waals surface area contributed by atoms with Crippen molar-refractivity contribution in [2.45, 2.75) is 6.92 Å². The first kappa shape index (κ1) is 12.1. The molecule has 1 heterocycles. The Morgan fingerprint density at radius 1 is 1.39 bits per heavy atom. The van der Waals surface area contributed by atoms with Crippen LogP contribution < -0.4 is 11.2 Å². The molecule has 3 N–H and O–H groups in total. The molecule has 0 saturated heterocycles. The molecule has 7 nitrogen and oxygen atoms in total. The van der Waals surface area contributed by atoms with E-state index in [1.54, 1.807) is 0 Å². The lowest BCUT2D eigenvalue weighted by molar-refractivity contribution is 0.0970. The van der Waals surface area contributed by atoms with Crippen LogP contribution in [0.3, 0.4) is 0 Å². The van der Waals surface area contributed by atoms with E-state index in [4.69, 9.17) is 10.6 Å². The molecule has 1 aromatic carbocycles. The van der Waals surface area contributed by atoms with Gasteiger partial charge in [0.2, 0.25) is 0 Å². The molecule has 1 aromatic heterocycles. The number of nitrogens with two attached hydrogens (primary N) is 1. The van der Waals surface area contributed by atoms with Crippen molar-refractivity contribution in [2.24, 2.45) is 4.99 Å². The fraction of sp³-hybridized carbons (Fsp3) is 0.182. The maximum atomic E-state index is 5.62. The third-order valence-corrected chi connectivity index (χ3v) is 2.05. The van der Waals surface area contributed by atoms with Crippen LogP contribution in [0.2, 0.25) is 0 Å². The van der Waals surface area contributed by atoms with Gasteiger partial charge in [-0.2, -0.15) is 0 Å². The number of aliphatic imine (C=N–C) groups is 1. The lowest BCUT2D eigenvalue weighted by Gasteiger charge is -2.06. The largest absolute Gasteiger partial charge is 0.379 e. The second-order valence-electron chi connectivity index (χ2n) is 3.33. The summed E-state index contributed by atoms with van der Waals surface area (Å²) in [6.45, 7) is 2.32. The zero-order valence-corrected chi connectivity index (χ0v) is 9.83. The van der Waals surface area contributed by atoms with Gasteiger partial charge in [-0.05, 0) is 29.4 Å². The van der Waals surface area contributed by atoms with E-state index in [9.17, 15) is 0 Å². The van der Waals surface area contributed by atoms with Gasteiger partial charge in [0.15, 0.2) is 17.3 Å². The predicted octanol–water partition coefficient (Wildman–Crippen LogP) is 1.27. The summed E-state index contributed by atoms with van der Waals surface area (Å²) in [5.41, 5.74) is 9.34. The van der Waals surface area contributed by atoms with E-state index in [0.29, 0.717) is 18.1 Å². The fourth-order valence-electron chi connectivity index (χ4n) is 1.26. The highest BCUT2D eigenvalue weighted by molar-refractivity contribution is 6.01. The number of hydroxylamine groups is 1. The summed E-state index contributed by atoms with van der Waals surface area (Å²) in [7, 11) is 0. The van der Waals surface area contributed by atoms with Crippen LogP contribution in [0.25, 0.3) is 0 Å². The van der Waals surface area contributed by atoms with Gasteiger partial charge in [-0.3, -0.25) is 4.84 Å². The predicted molar refractivity (Wildman–Crippen MR) is 66.1 cm³/mol. The number of nitrogens with one attached hydrogen (secondary N) is 1. The van der Waals surface area contributed by atoms with Crippen molar-refractivity contribution in [3.05, 3.63) is 36.0 Å². The molecule has 0 spiro atoms. The molecule has 0 amide bonds. The van der Waals surface area contributed by atoms with E-state index in [1.807, 2.05) is 37.3 Å². The van der Waals surface area contributed by atoms with Gasteiger partial charge < -0.3 is 5.73 Å². The third kappa shape index (κ3) is 2.83. The molecule has 0 aliphatic carbocycles. The summed E-state index contributed by atoms with van der Waals surface area (Å²) in [5, 5.41) is 7.18. The monoisotopic (exact) mass is 247 g/mol. The SMILES string of the molecule is CCONC(=Nc1ccccc1)c1nonc1N.